The van der Waals surface area contributed by atoms with Crippen molar-refractivity contribution in [1.29, 1.82) is 5.26 Å². The van der Waals surface area contributed by atoms with E-state index in [1.807, 2.05) is 25.3 Å². The maximum atomic E-state index is 12.1. The van der Waals surface area contributed by atoms with Crippen LogP contribution in [0.4, 0.5) is 5.82 Å². The maximum absolute atomic E-state index is 12.1. The molecule has 0 spiro atoms. The van der Waals surface area contributed by atoms with Crippen molar-refractivity contribution in [3.05, 3.63) is 24.3 Å². The van der Waals surface area contributed by atoms with Crippen LogP contribution in [-0.4, -0.2) is 45.5 Å². The second-order valence-corrected chi connectivity index (χ2v) is 6.16. The minimum absolute atomic E-state index is 0.0422. The summed E-state index contributed by atoms with van der Waals surface area (Å²) in [6.07, 6.45) is 4.34. The highest BCUT2D eigenvalue weighted by Crippen LogP contribution is 2.32. The molecule has 2 N–H and O–H groups in total. The molecule has 25 heavy (non-hydrogen) atoms. The zero-order valence-electron chi connectivity index (χ0n) is 13.8. The van der Waals surface area contributed by atoms with Gasteiger partial charge in [-0.2, -0.15) is 5.26 Å². The van der Waals surface area contributed by atoms with Crippen molar-refractivity contribution < 1.29 is 4.79 Å². The van der Waals surface area contributed by atoms with E-state index in [2.05, 4.69) is 30.2 Å². The van der Waals surface area contributed by atoms with Crippen molar-refractivity contribution in [1.82, 2.24) is 25.3 Å². The van der Waals surface area contributed by atoms with Gasteiger partial charge in [0.15, 0.2) is 0 Å². The van der Waals surface area contributed by atoms with Gasteiger partial charge in [0.2, 0.25) is 5.91 Å². The number of carbonyl (C=O) groups is 1. The third kappa shape index (κ3) is 2.63. The van der Waals surface area contributed by atoms with E-state index in [1.165, 1.54) is 0 Å². The number of fused-ring (bicyclic) bond motifs is 3. The van der Waals surface area contributed by atoms with Gasteiger partial charge >= 0.3 is 0 Å². The maximum Gasteiger partial charge on any atom is 0.225 e. The summed E-state index contributed by atoms with van der Waals surface area (Å²) in [6.45, 7) is 3.22. The number of rotatable bonds is 3. The summed E-state index contributed by atoms with van der Waals surface area (Å²) in [5.41, 5.74) is 1.59. The minimum Gasteiger partial charge on any atom is -0.355 e. The molecule has 1 amide bonds. The van der Waals surface area contributed by atoms with Gasteiger partial charge in [0.25, 0.3) is 0 Å². The van der Waals surface area contributed by atoms with Crippen molar-refractivity contribution in [2.75, 3.05) is 24.5 Å². The largest absolute Gasteiger partial charge is 0.355 e. The van der Waals surface area contributed by atoms with Crippen LogP contribution in [0.5, 0.6) is 0 Å². The molecular weight excluding hydrogens is 318 g/mol. The Hall–Kier alpha value is -3.21. The summed E-state index contributed by atoms with van der Waals surface area (Å²) in [5.74, 6) is 1.30. The van der Waals surface area contributed by atoms with E-state index in [1.54, 1.807) is 6.20 Å². The van der Waals surface area contributed by atoms with Crippen LogP contribution in [0.2, 0.25) is 0 Å². The van der Waals surface area contributed by atoms with Crippen molar-refractivity contribution in [3.63, 3.8) is 0 Å². The fourth-order valence-corrected chi connectivity index (χ4v) is 3.39. The number of pyridine rings is 1. The van der Waals surface area contributed by atoms with E-state index >= 15 is 0 Å². The van der Waals surface area contributed by atoms with Crippen molar-refractivity contribution in [2.24, 2.45) is 5.92 Å². The van der Waals surface area contributed by atoms with Crippen LogP contribution in [0.3, 0.4) is 0 Å². The monoisotopic (exact) mass is 335 g/mol. The molecule has 1 unspecified atom stereocenters. The second-order valence-electron chi connectivity index (χ2n) is 6.16. The van der Waals surface area contributed by atoms with Crippen LogP contribution in [0.1, 0.15) is 12.2 Å². The summed E-state index contributed by atoms with van der Waals surface area (Å²) in [5, 5.41) is 13.2. The molecule has 0 saturated carbocycles. The number of anilines is 1. The Morgan fingerprint density at radius 3 is 3.24 bits per heavy atom. The average molecular weight is 335 g/mol. The number of nitriles is 1. The highest BCUT2D eigenvalue weighted by Gasteiger charge is 2.30. The first-order chi connectivity index (χ1) is 12.2. The van der Waals surface area contributed by atoms with Gasteiger partial charge in [-0.3, -0.25) is 4.79 Å². The molecule has 1 aliphatic rings. The van der Waals surface area contributed by atoms with Crippen molar-refractivity contribution in [3.8, 4) is 6.07 Å². The summed E-state index contributed by atoms with van der Waals surface area (Å²) < 4.78 is 0. The smallest absolute Gasteiger partial charge is 0.225 e. The van der Waals surface area contributed by atoms with E-state index in [-0.39, 0.29) is 18.4 Å². The molecule has 3 aromatic heterocycles. The Balaban J connectivity index is 1.73. The van der Waals surface area contributed by atoms with Crippen LogP contribution >= 0.6 is 0 Å². The van der Waals surface area contributed by atoms with Crippen LogP contribution in [0, 0.1) is 24.2 Å². The van der Waals surface area contributed by atoms with Crippen LogP contribution in [0.25, 0.3) is 21.9 Å². The van der Waals surface area contributed by atoms with E-state index in [4.69, 9.17) is 5.26 Å². The Labute approximate surface area is 143 Å². The number of carbonyl (C=O) groups excluding carboxylic acids is 1. The first kappa shape index (κ1) is 15.3. The molecule has 0 radical (unpaired) electrons. The molecule has 1 saturated heterocycles. The Morgan fingerprint density at radius 1 is 1.52 bits per heavy atom. The molecule has 1 aliphatic heterocycles. The van der Waals surface area contributed by atoms with Gasteiger partial charge in [-0.05, 0) is 19.4 Å². The predicted octanol–water partition coefficient (Wildman–Crippen LogP) is 1.28. The predicted molar refractivity (Wildman–Crippen MR) is 92.9 cm³/mol. The number of nitrogens with zero attached hydrogens (tertiary/aromatic N) is 5. The molecule has 1 fully saturated rings. The van der Waals surface area contributed by atoms with E-state index < -0.39 is 0 Å². The van der Waals surface area contributed by atoms with E-state index in [9.17, 15) is 4.79 Å². The van der Waals surface area contributed by atoms with Crippen molar-refractivity contribution in [2.45, 2.75) is 13.3 Å². The van der Waals surface area contributed by atoms with E-state index in [0.29, 0.717) is 12.4 Å². The van der Waals surface area contributed by atoms with Gasteiger partial charge in [0.1, 0.15) is 23.8 Å². The van der Waals surface area contributed by atoms with Gasteiger partial charge in [0.05, 0.1) is 29.1 Å². The van der Waals surface area contributed by atoms with Gasteiger partial charge in [0, 0.05) is 24.7 Å². The lowest BCUT2D eigenvalue weighted by molar-refractivity contribution is -0.124. The lowest BCUT2D eigenvalue weighted by Gasteiger charge is -2.20. The third-order valence-corrected chi connectivity index (χ3v) is 4.54. The number of nitrogens with one attached hydrogen (secondary N) is 2. The molecule has 4 heterocycles. The summed E-state index contributed by atoms with van der Waals surface area (Å²) in [6, 6.07) is 3.91. The average Bonchev–Trinajstić information content (AvgIpc) is 3.27. The quantitative estimate of drug-likeness (QED) is 0.698. The molecule has 3 aromatic rings. The first-order valence-corrected chi connectivity index (χ1v) is 8.17. The summed E-state index contributed by atoms with van der Waals surface area (Å²) in [4.78, 5) is 30.9. The summed E-state index contributed by atoms with van der Waals surface area (Å²) in [7, 11) is 0. The zero-order chi connectivity index (χ0) is 17.4. The molecule has 4 rings (SSSR count). The third-order valence-electron chi connectivity index (χ3n) is 4.54. The SMILES string of the molecule is Cc1nc(N2CCC(C(=O)NCC#N)C2)c2c(cnc3[nH]ccc32)n1. The van der Waals surface area contributed by atoms with E-state index in [0.717, 1.165) is 40.7 Å². The van der Waals surface area contributed by atoms with Crippen molar-refractivity contribution >= 4 is 33.7 Å². The number of H-pyrrole nitrogens is 1. The zero-order valence-corrected chi connectivity index (χ0v) is 13.8. The number of hydrogen-bond acceptors (Lipinski definition) is 6. The number of aromatic amines is 1. The molecular formula is C17H17N7O. The first-order valence-electron chi connectivity index (χ1n) is 8.17. The Bertz CT molecular complexity index is 1000. The minimum atomic E-state index is -0.137. The van der Waals surface area contributed by atoms with Gasteiger partial charge in [-0.1, -0.05) is 0 Å². The molecule has 1 atom stereocenters. The standard InChI is InChI=1S/C17H17N7O/c1-10-22-13-8-21-15-12(2-5-19-15)14(13)16(23-10)24-7-3-11(9-24)17(25)20-6-4-18/h2,5,8,11H,3,6-7,9H2,1H3,(H,19,21)(H,20,25). The van der Waals surface area contributed by atoms with Gasteiger partial charge in [-0.25, -0.2) is 15.0 Å². The molecule has 0 aliphatic carbocycles. The number of aryl methyl sites for hydroxylation is 1. The van der Waals surface area contributed by atoms with Crippen LogP contribution in [-0.2, 0) is 4.79 Å². The second kappa shape index (κ2) is 6.02. The lowest BCUT2D eigenvalue weighted by atomic mass is 10.1. The number of aromatic nitrogens is 4. The highest BCUT2D eigenvalue weighted by atomic mass is 16.1. The molecule has 126 valence electrons. The topological polar surface area (TPSA) is 111 Å². The van der Waals surface area contributed by atoms with Gasteiger partial charge in [-0.15, -0.1) is 0 Å². The summed E-state index contributed by atoms with van der Waals surface area (Å²) >= 11 is 0. The molecule has 0 aromatic carbocycles. The number of amides is 1. The fourth-order valence-electron chi connectivity index (χ4n) is 3.39. The van der Waals surface area contributed by atoms with Crippen LogP contribution < -0.4 is 10.2 Å². The van der Waals surface area contributed by atoms with Gasteiger partial charge < -0.3 is 15.2 Å². The molecule has 8 heteroatoms. The Kier molecular flexibility index (Phi) is 3.69. The normalized spacial score (nSPS) is 17.1. The molecule has 0 bridgehead atoms. The molecule has 8 nitrogen and oxygen atoms in total. The van der Waals surface area contributed by atoms with Crippen LogP contribution in [0.15, 0.2) is 18.5 Å². The lowest BCUT2D eigenvalue weighted by Crippen LogP contribution is -2.33. The number of hydrogen-bond donors (Lipinski definition) is 2. The fraction of sp³-hybridized carbons (Fsp3) is 0.353. The highest BCUT2D eigenvalue weighted by molar-refractivity contribution is 6.09. The Morgan fingerprint density at radius 2 is 2.40 bits per heavy atom.